The number of rotatable bonds is 5. The molecule has 4 rings (SSSR count). The molecule has 2 aromatic rings. The van der Waals surface area contributed by atoms with Gasteiger partial charge in [0.1, 0.15) is 17.1 Å². The quantitative estimate of drug-likeness (QED) is 0.765. The highest BCUT2D eigenvalue weighted by Crippen LogP contribution is 2.41. The number of likely N-dealkylation sites (N-methyl/N-ethyl adjacent to an activating group) is 1. The van der Waals surface area contributed by atoms with E-state index in [1.165, 1.54) is 0 Å². The minimum absolute atomic E-state index is 0.0280. The molecular weight excluding hydrogens is 379 g/mol. The lowest BCUT2D eigenvalue weighted by Gasteiger charge is -2.24. The van der Waals surface area contributed by atoms with Gasteiger partial charge in [0.15, 0.2) is 0 Å². The third-order valence-electron chi connectivity index (χ3n) is 6.28. The molecule has 2 saturated heterocycles. The summed E-state index contributed by atoms with van der Waals surface area (Å²) in [6.45, 7) is 7.63. The molecule has 0 aromatic heterocycles. The first-order valence-corrected chi connectivity index (χ1v) is 10.8. The molecule has 1 N–H and O–H groups in total. The number of nitrogens with zero attached hydrogens (tertiary/aromatic N) is 1. The van der Waals surface area contributed by atoms with E-state index < -0.39 is 5.54 Å². The number of carbonyl (C=O) groups excluding carboxylic acids is 1. The number of aryl methyl sites for hydroxylation is 1. The van der Waals surface area contributed by atoms with Crippen molar-refractivity contribution in [2.45, 2.75) is 51.6 Å². The highest BCUT2D eigenvalue weighted by molar-refractivity contribution is 5.88. The van der Waals surface area contributed by atoms with Crippen LogP contribution in [0.4, 0.5) is 4.39 Å². The van der Waals surface area contributed by atoms with Crippen LogP contribution in [-0.2, 0) is 4.79 Å². The van der Waals surface area contributed by atoms with Gasteiger partial charge in [0.05, 0.1) is 6.61 Å². The van der Waals surface area contributed by atoms with Gasteiger partial charge in [-0.3, -0.25) is 10.1 Å². The monoisotopic (exact) mass is 410 g/mol. The minimum Gasteiger partial charge on any atom is -0.493 e. The van der Waals surface area contributed by atoms with Crippen molar-refractivity contribution >= 4 is 5.91 Å². The summed E-state index contributed by atoms with van der Waals surface area (Å²) in [5, 5.41) is 3.55. The Morgan fingerprint density at radius 3 is 2.73 bits per heavy atom. The molecule has 2 heterocycles. The van der Waals surface area contributed by atoms with E-state index in [9.17, 15) is 9.18 Å². The average molecular weight is 411 g/mol. The number of hydrogen-bond acceptors (Lipinski definition) is 3. The van der Waals surface area contributed by atoms with Gasteiger partial charge in [0.25, 0.3) is 0 Å². The van der Waals surface area contributed by atoms with Crippen LogP contribution in [0.2, 0.25) is 0 Å². The van der Waals surface area contributed by atoms with Crippen LogP contribution in [0.25, 0.3) is 11.1 Å². The fourth-order valence-corrected chi connectivity index (χ4v) is 4.64. The van der Waals surface area contributed by atoms with Gasteiger partial charge in [-0.1, -0.05) is 25.5 Å². The highest BCUT2D eigenvalue weighted by Gasteiger charge is 2.50. The summed E-state index contributed by atoms with van der Waals surface area (Å²) in [6.07, 6.45) is 2.43. The van der Waals surface area contributed by atoms with Gasteiger partial charge in [0.2, 0.25) is 5.91 Å². The lowest BCUT2D eigenvalue weighted by atomic mass is 9.95. The van der Waals surface area contributed by atoms with E-state index in [1.54, 1.807) is 17.0 Å². The number of ether oxygens (including phenoxy) is 1. The first kappa shape index (κ1) is 20.9. The zero-order valence-corrected chi connectivity index (χ0v) is 18.3. The van der Waals surface area contributed by atoms with Crippen LogP contribution < -0.4 is 10.1 Å². The van der Waals surface area contributed by atoms with Crippen LogP contribution in [0.1, 0.15) is 50.3 Å². The van der Waals surface area contributed by atoms with Crippen LogP contribution >= 0.6 is 0 Å². The van der Waals surface area contributed by atoms with E-state index in [1.807, 2.05) is 38.2 Å². The SMILES string of the molecule is Cc1ccc(OCC(C)C)c(-c2cc(F)cc([C@H]3CC[C@]4(CCN(C)C4=O)N3)c2)c1. The molecule has 0 saturated carbocycles. The molecule has 2 aliphatic rings. The highest BCUT2D eigenvalue weighted by atomic mass is 19.1. The van der Waals surface area contributed by atoms with Crippen molar-refractivity contribution in [3.63, 3.8) is 0 Å². The van der Waals surface area contributed by atoms with Gasteiger partial charge in [-0.2, -0.15) is 0 Å². The number of amides is 1. The number of carbonyl (C=O) groups is 1. The van der Waals surface area contributed by atoms with Crippen molar-refractivity contribution in [3.8, 4) is 16.9 Å². The molecule has 0 bridgehead atoms. The summed E-state index contributed by atoms with van der Waals surface area (Å²) in [7, 11) is 1.85. The van der Waals surface area contributed by atoms with E-state index >= 15 is 0 Å². The Labute approximate surface area is 178 Å². The fourth-order valence-electron chi connectivity index (χ4n) is 4.64. The summed E-state index contributed by atoms with van der Waals surface area (Å²) >= 11 is 0. The maximum Gasteiger partial charge on any atom is 0.242 e. The third-order valence-corrected chi connectivity index (χ3v) is 6.28. The van der Waals surface area contributed by atoms with Crippen LogP contribution in [0.5, 0.6) is 5.75 Å². The Morgan fingerprint density at radius 2 is 2.03 bits per heavy atom. The van der Waals surface area contributed by atoms with Crippen LogP contribution in [-0.4, -0.2) is 36.5 Å². The Balaban J connectivity index is 1.65. The lowest BCUT2D eigenvalue weighted by Crippen LogP contribution is -2.47. The van der Waals surface area contributed by atoms with E-state index in [-0.39, 0.29) is 17.8 Å². The van der Waals surface area contributed by atoms with Crippen molar-refractivity contribution in [2.24, 2.45) is 5.92 Å². The molecule has 0 unspecified atom stereocenters. The first-order chi connectivity index (χ1) is 14.3. The summed E-state index contributed by atoms with van der Waals surface area (Å²) in [5.41, 5.74) is 3.22. The topological polar surface area (TPSA) is 41.6 Å². The van der Waals surface area contributed by atoms with E-state index in [2.05, 4.69) is 19.2 Å². The molecule has 30 heavy (non-hydrogen) atoms. The zero-order chi connectivity index (χ0) is 21.5. The number of nitrogens with one attached hydrogen (secondary N) is 1. The summed E-state index contributed by atoms with van der Waals surface area (Å²) < 4.78 is 20.7. The van der Waals surface area contributed by atoms with E-state index in [0.29, 0.717) is 12.5 Å². The van der Waals surface area contributed by atoms with Crippen molar-refractivity contribution in [2.75, 3.05) is 20.2 Å². The second-order valence-electron chi connectivity index (χ2n) is 9.27. The number of hydrogen-bond donors (Lipinski definition) is 1. The number of halogens is 1. The Kier molecular flexibility index (Phi) is 5.58. The predicted molar refractivity (Wildman–Crippen MR) is 117 cm³/mol. The van der Waals surface area contributed by atoms with Gasteiger partial charge in [-0.05, 0) is 73.6 Å². The number of likely N-dealkylation sites (tertiary alicyclic amines) is 1. The maximum absolute atomic E-state index is 14.7. The van der Waals surface area contributed by atoms with Crippen LogP contribution in [0, 0.1) is 18.7 Å². The molecule has 0 aliphatic carbocycles. The lowest BCUT2D eigenvalue weighted by molar-refractivity contribution is -0.131. The van der Waals surface area contributed by atoms with Crippen LogP contribution in [0.3, 0.4) is 0 Å². The molecule has 1 spiro atoms. The van der Waals surface area contributed by atoms with Crippen molar-refractivity contribution in [3.05, 3.63) is 53.3 Å². The normalized spacial score (nSPS) is 23.7. The number of benzene rings is 2. The molecule has 4 nitrogen and oxygen atoms in total. The van der Waals surface area contributed by atoms with Gasteiger partial charge in [0, 0.05) is 25.2 Å². The molecular formula is C25H31FN2O2. The Hall–Kier alpha value is -2.40. The molecule has 2 fully saturated rings. The minimum atomic E-state index is -0.485. The van der Waals surface area contributed by atoms with Crippen molar-refractivity contribution < 1.29 is 13.9 Å². The third kappa shape index (κ3) is 3.95. The molecule has 160 valence electrons. The summed E-state index contributed by atoms with van der Waals surface area (Å²) in [4.78, 5) is 14.4. The smallest absolute Gasteiger partial charge is 0.242 e. The van der Waals surface area contributed by atoms with Gasteiger partial charge >= 0.3 is 0 Å². The zero-order valence-electron chi connectivity index (χ0n) is 18.3. The van der Waals surface area contributed by atoms with Gasteiger partial charge in [-0.15, -0.1) is 0 Å². The van der Waals surface area contributed by atoms with Crippen molar-refractivity contribution in [1.82, 2.24) is 10.2 Å². The Morgan fingerprint density at radius 1 is 1.23 bits per heavy atom. The Bertz CT molecular complexity index is 958. The van der Waals surface area contributed by atoms with Gasteiger partial charge < -0.3 is 9.64 Å². The fraction of sp³-hybridized carbons (Fsp3) is 0.480. The molecule has 5 heteroatoms. The van der Waals surface area contributed by atoms with Crippen molar-refractivity contribution in [1.29, 1.82) is 0 Å². The second kappa shape index (κ2) is 8.03. The molecule has 1 amide bonds. The average Bonchev–Trinajstić information content (AvgIpc) is 3.26. The van der Waals surface area contributed by atoms with Crippen LogP contribution in [0.15, 0.2) is 36.4 Å². The summed E-state index contributed by atoms with van der Waals surface area (Å²) in [6, 6.07) is 11.2. The largest absolute Gasteiger partial charge is 0.493 e. The first-order valence-electron chi connectivity index (χ1n) is 10.8. The summed E-state index contributed by atoms with van der Waals surface area (Å²) in [5.74, 6) is 1.07. The van der Waals surface area contributed by atoms with E-state index in [4.69, 9.17) is 4.74 Å². The molecule has 2 atom stereocenters. The molecule has 0 radical (unpaired) electrons. The predicted octanol–water partition coefficient (Wildman–Crippen LogP) is 4.86. The molecule has 2 aliphatic heterocycles. The second-order valence-corrected chi connectivity index (χ2v) is 9.27. The van der Waals surface area contributed by atoms with E-state index in [0.717, 1.165) is 53.8 Å². The standard InChI is InChI=1S/C25H31FN2O2/c1-16(2)15-30-23-6-5-17(3)11-21(23)18-12-19(14-20(26)13-18)22-7-8-25(27-22)9-10-28(4)24(25)29/h5-6,11-14,16,22,27H,7-10,15H2,1-4H3/t22-,25-/m1/s1. The maximum atomic E-state index is 14.7. The molecule has 2 aromatic carbocycles. The van der Waals surface area contributed by atoms with Gasteiger partial charge in [-0.25, -0.2) is 4.39 Å².